The van der Waals surface area contributed by atoms with Gasteiger partial charge in [-0.05, 0) is 49.2 Å². The Labute approximate surface area is 177 Å². The quantitative estimate of drug-likeness (QED) is 0.524. The summed E-state index contributed by atoms with van der Waals surface area (Å²) in [4.78, 5) is 3.63. The minimum Gasteiger partial charge on any atom is -0.508 e. The molecule has 0 aliphatic carbocycles. The lowest BCUT2D eigenvalue weighted by atomic mass is 10.2. The Morgan fingerprint density at radius 2 is 1.66 bits per heavy atom. The molecule has 0 saturated carbocycles. The van der Waals surface area contributed by atoms with Crippen molar-refractivity contribution in [1.82, 2.24) is 4.90 Å². The average molecular weight is 440 g/mol. The van der Waals surface area contributed by atoms with Crippen molar-refractivity contribution in [1.29, 1.82) is 0 Å². The number of hydrogen-bond acceptors (Lipinski definition) is 6. The minimum atomic E-state index is -4.02. The monoisotopic (exact) mass is 439 g/mol. The van der Waals surface area contributed by atoms with E-state index in [-0.39, 0.29) is 4.90 Å². The maximum Gasteiger partial charge on any atom is 0.294 e. The number of ether oxygens (including phenoxy) is 1. The predicted molar refractivity (Wildman–Crippen MR) is 116 cm³/mol. The third-order valence-electron chi connectivity index (χ3n) is 4.36. The Morgan fingerprint density at radius 1 is 1.07 bits per heavy atom. The summed E-state index contributed by atoms with van der Waals surface area (Å²) in [5, 5.41) is 9.22. The first-order valence-corrected chi connectivity index (χ1v) is 11.9. The van der Waals surface area contributed by atoms with Crippen LogP contribution < -0.4 is 0 Å². The first-order valence-electron chi connectivity index (χ1n) is 9.50. The van der Waals surface area contributed by atoms with Gasteiger partial charge in [0.25, 0.3) is 10.1 Å². The van der Waals surface area contributed by atoms with Crippen LogP contribution in [0.25, 0.3) is 0 Å². The number of phenolic OH excluding ortho intramolecular Hbond substituents is 1. The van der Waals surface area contributed by atoms with Gasteiger partial charge in [0.1, 0.15) is 5.75 Å². The van der Waals surface area contributed by atoms with E-state index in [1.165, 1.54) is 17.0 Å². The molecule has 1 aliphatic rings. The molecule has 0 bridgehead atoms. The van der Waals surface area contributed by atoms with Crippen molar-refractivity contribution in [3.8, 4) is 5.75 Å². The molecule has 2 aromatic carbocycles. The molecule has 0 amide bonds. The van der Waals surface area contributed by atoms with Crippen LogP contribution in [-0.4, -0.2) is 61.6 Å². The SMILES string of the molecule is CC(CSc1ccc(O)cc1)CN1CCOCC1.Cc1ccc(S(=O)(=O)O)cc1. The van der Waals surface area contributed by atoms with E-state index in [1.54, 1.807) is 24.3 Å². The van der Waals surface area contributed by atoms with Crippen molar-refractivity contribution >= 4 is 21.9 Å². The summed E-state index contributed by atoms with van der Waals surface area (Å²) in [6.45, 7) is 9.16. The van der Waals surface area contributed by atoms with Crippen LogP contribution in [-0.2, 0) is 14.9 Å². The zero-order valence-corrected chi connectivity index (χ0v) is 18.5. The van der Waals surface area contributed by atoms with Gasteiger partial charge < -0.3 is 9.84 Å². The maximum atomic E-state index is 10.5. The van der Waals surface area contributed by atoms with Crippen LogP contribution in [0.1, 0.15) is 12.5 Å². The first kappa shape index (κ1) is 23.7. The lowest BCUT2D eigenvalue weighted by Crippen LogP contribution is -2.39. The molecule has 0 radical (unpaired) electrons. The smallest absolute Gasteiger partial charge is 0.294 e. The van der Waals surface area contributed by atoms with Crippen LogP contribution in [0.2, 0.25) is 0 Å². The summed E-state index contributed by atoms with van der Waals surface area (Å²) in [7, 11) is -4.02. The van der Waals surface area contributed by atoms with Gasteiger partial charge in [-0.25, -0.2) is 0 Å². The standard InChI is InChI=1S/C14H21NO2S.C7H8O3S/c1-12(10-15-6-8-17-9-7-15)11-18-14-4-2-13(16)3-5-14;1-6-2-4-7(5-3-6)11(8,9)10/h2-5,12,16H,6-11H2,1H3;2-5H,1H3,(H,8,9,10). The molecule has 1 heterocycles. The zero-order chi connectivity index (χ0) is 21.3. The van der Waals surface area contributed by atoms with Crippen molar-refractivity contribution in [3.05, 3.63) is 54.1 Å². The highest BCUT2D eigenvalue weighted by molar-refractivity contribution is 7.99. The summed E-state index contributed by atoms with van der Waals surface area (Å²) in [6.07, 6.45) is 0. The molecule has 0 aromatic heterocycles. The normalized spacial score (nSPS) is 16.0. The van der Waals surface area contributed by atoms with E-state index in [4.69, 9.17) is 9.29 Å². The summed E-state index contributed by atoms with van der Waals surface area (Å²) in [6, 6.07) is 13.4. The number of nitrogens with zero attached hydrogens (tertiary/aromatic N) is 1. The van der Waals surface area contributed by atoms with Crippen molar-refractivity contribution < 1.29 is 22.8 Å². The van der Waals surface area contributed by atoms with Crippen molar-refractivity contribution in [2.24, 2.45) is 5.92 Å². The Bertz CT molecular complexity index is 832. The molecule has 1 saturated heterocycles. The number of benzene rings is 2. The molecule has 1 atom stereocenters. The van der Waals surface area contributed by atoms with Crippen molar-refractivity contribution in [2.75, 3.05) is 38.6 Å². The van der Waals surface area contributed by atoms with Crippen LogP contribution in [0.15, 0.2) is 58.3 Å². The van der Waals surface area contributed by atoms with Gasteiger partial charge in [-0.1, -0.05) is 24.6 Å². The largest absolute Gasteiger partial charge is 0.508 e. The fraction of sp³-hybridized carbons (Fsp3) is 0.429. The van der Waals surface area contributed by atoms with Crippen LogP contribution in [0.5, 0.6) is 5.75 Å². The molecular weight excluding hydrogens is 410 g/mol. The second-order valence-corrected chi connectivity index (χ2v) is 9.63. The van der Waals surface area contributed by atoms with Gasteiger partial charge in [-0.3, -0.25) is 9.45 Å². The van der Waals surface area contributed by atoms with Gasteiger partial charge in [-0.15, -0.1) is 11.8 Å². The molecule has 1 aliphatic heterocycles. The molecule has 3 rings (SSSR count). The summed E-state index contributed by atoms with van der Waals surface area (Å²) < 4.78 is 34.9. The molecule has 2 aromatic rings. The van der Waals surface area contributed by atoms with Gasteiger partial charge in [-0.2, -0.15) is 8.42 Å². The Balaban J connectivity index is 0.000000234. The lowest BCUT2D eigenvalue weighted by molar-refractivity contribution is 0.0331. The van der Waals surface area contributed by atoms with Gasteiger partial charge in [0, 0.05) is 30.3 Å². The molecule has 160 valence electrons. The van der Waals surface area contributed by atoms with Crippen LogP contribution in [0, 0.1) is 12.8 Å². The number of aromatic hydroxyl groups is 1. The van der Waals surface area contributed by atoms with E-state index in [2.05, 4.69) is 11.8 Å². The van der Waals surface area contributed by atoms with Gasteiger partial charge in [0.15, 0.2) is 0 Å². The Hall–Kier alpha value is -1.58. The second-order valence-electron chi connectivity index (χ2n) is 7.11. The minimum absolute atomic E-state index is 0.0666. The van der Waals surface area contributed by atoms with Gasteiger partial charge in [0.05, 0.1) is 18.1 Å². The second kappa shape index (κ2) is 11.6. The predicted octanol–water partition coefficient (Wildman–Crippen LogP) is 3.69. The van der Waals surface area contributed by atoms with E-state index in [9.17, 15) is 13.5 Å². The molecule has 0 spiro atoms. The molecular formula is C21H29NO5S2. The Morgan fingerprint density at radius 3 is 2.21 bits per heavy atom. The highest BCUT2D eigenvalue weighted by atomic mass is 32.2. The van der Waals surface area contributed by atoms with Crippen molar-refractivity contribution in [3.63, 3.8) is 0 Å². The molecule has 1 fully saturated rings. The zero-order valence-electron chi connectivity index (χ0n) is 16.8. The highest BCUT2D eigenvalue weighted by Gasteiger charge is 2.13. The summed E-state index contributed by atoms with van der Waals surface area (Å²) in [5.74, 6) is 2.12. The number of rotatable bonds is 6. The average Bonchev–Trinajstić information content (AvgIpc) is 2.68. The highest BCUT2D eigenvalue weighted by Crippen LogP contribution is 2.23. The third kappa shape index (κ3) is 9.18. The fourth-order valence-electron chi connectivity index (χ4n) is 2.77. The van der Waals surface area contributed by atoms with Gasteiger partial charge in [0.2, 0.25) is 0 Å². The molecule has 2 N–H and O–H groups in total. The topological polar surface area (TPSA) is 87.1 Å². The maximum absolute atomic E-state index is 10.5. The summed E-state index contributed by atoms with van der Waals surface area (Å²) >= 11 is 1.86. The van der Waals surface area contributed by atoms with E-state index < -0.39 is 10.1 Å². The van der Waals surface area contributed by atoms with Gasteiger partial charge >= 0.3 is 0 Å². The third-order valence-corrected chi connectivity index (χ3v) is 6.57. The number of aryl methyl sites for hydroxylation is 1. The molecule has 6 nitrogen and oxygen atoms in total. The van der Waals surface area contributed by atoms with E-state index in [0.29, 0.717) is 11.7 Å². The lowest BCUT2D eigenvalue weighted by Gasteiger charge is -2.29. The van der Waals surface area contributed by atoms with Crippen LogP contribution in [0.4, 0.5) is 0 Å². The van der Waals surface area contributed by atoms with E-state index in [1.807, 2.05) is 30.8 Å². The molecule has 29 heavy (non-hydrogen) atoms. The van der Waals surface area contributed by atoms with Crippen molar-refractivity contribution in [2.45, 2.75) is 23.6 Å². The van der Waals surface area contributed by atoms with E-state index >= 15 is 0 Å². The van der Waals surface area contributed by atoms with E-state index in [0.717, 1.165) is 44.2 Å². The Kier molecular flexibility index (Phi) is 9.45. The van der Waals surface area contributed by atoms with Crippen LogP contribution in [0.3, 0.4) is 0 Å². The van der Waals surface area contributed by atoms with Crippen LogP contribution >= 0.6 is 11.8 Å². The number of hydrogen-bond donors (Lipinski definition) is 2. The summed E-state index contributed by atoms with van der Waals surface area (Å²) in [5.41, 5.74) is 0.956. The molecule has 1 unspecified atom stereocenters. The number of morpholine rings is 1. The number of thioether (sulfide) groups is 1. The molecule has 8 heteroatoms. The first-order chi connectivity index (χ1) is 13.7. The number of phenols is 1. The fourth-order valence-corrected chi connectivity index (χ4v) is 4.16.